The van der Waals surface area contributed by atoms with Crippen LogP contribution in [0.2, 0.25) is 10.0 Å². The van der Waals surface area contributed by atoms with Crippen LogP contribution in [0.15, 0.2) is 82.6 Å². The number of rotatable bonds is 4. The Morgan fingerprint density at radius 1 is 0.941 bits per heavy atom. The molecule has 2 heterocycles. The topological polar surface area (TPSA) is 63.6 Å². The highest BCUT2D eigenvalue weighted by atomic mass is 35.5. The molecule has 5 nitrogen and oxygen atoms in total. The fourth-order valence-corrected chi connectivity index (χ4v) is 5.16. The molecule has 2 atom stereocenters. The molecule has 1 aliphatic heterocycles. The van der Waals surface area contributed by atoms with Crippen molar-refractivity contribution in [2.75, 3.05) is 13.6 Å². The van der Waals surface area contributed by atoms with Gasteiger partial charge in [0.2, 0.25) is 0 Å². The molecule has 2 N–H and O–H groups in total. The van der Waals surface area contributed by atoms with Crippen LogP contribution >= 0.6 is 23.2 Å². The standard InChI is InChI=1S/C27H24Cl2N4O/c1-32-16-31-15-25(32)27(30,18-6-9-20(28)10-7-18)19-8-11-24-23(13-19)22(14-26(34)33(24)2)17-4-3-5-21(29)12-17/h3-14,16,25H,15,30H2,1-2H3/t25?,27-/m1/s1. The molecule has 5 rings (SSSR count). The highest BCUT2D eigenvalue weighted by Gasteiger charge is 2.42. The first kappa shape index (κ1) is 22.7. The molecule has 34 heavy (non-hydrogen) atoms. The molecule has 0 amide bonds. The number of pyridine rings is 1. The van der Waals surface area contributed by atoms with Gasteiger partial charge in [0.05, 0.1) is 30.0 Å². The highest BCUT2D eigenvalue weighted by Crippen LogP contribution is 2.38. The first-order chi connectivity index (χ1) is 16.3. The van der Waals surface area contributed by atoms with E-state index in [2.05, 4.69) is 16.0 Å². The van der Waals surface area contributed by atoms with Gasteiger partial charge in [0.1, 0.15) is 0 Å². The van der Waals surface area contributed by atoms with Crippen molar-refractivity contribution in [2.24, 2.45) is 17.8 Å². The number of aromatic nitrogens is 1. The van der Waals surface area contributed by atoms with Crippen molar-refractivity contribution >= 4 is 40.4 Å². The van der Waals surface area contributed by atoms with E-state index >= 15 is 0 Å². The van der Waals surface area contributed by atoms with Gasteiger partial charge in [0.25, 0.3) is 5.56 Å². The average molecular weight is 491 g/mol. The number of fused-ring (bicyclic) bond motifs is 1. The Hall–Kier alpha value is -3.12. The second-order valence-corrected chi connectivity index (χ2v) is 9.61. The number of aryl methyl sites for hydroxylation is 1. The highest BCUT2D eigenvalue weighted by molar-refractivity contribution is 6.31. The van der Waals surface area contributed by atoms with Crippen molar-refractivity contribution in [2.45, 2.75) is 11.6 Å². The van der Waals surface area contributed by atoms with Gasteiger partial charge in [-0.1, -0.05) is 53.5 Å². The molecule has 7 heteroatoms. The lowest BCUT2D eigenvalue weighted by Gasteiger charge is -2.40. The van der Waals surface area contributed by atoms with E-state index < -0.39 is 5.54 Å². The Bertz CT molecular complexity index is 1480. The number of nitrogens with zero attached hydrogens (tertiary/aromatic N) is 3. The minimum Gasteiger partial charge on any atom is -0.359 e. The summed E-state index contributed by atoms with van der Waals surface area (Å²) >= 11 is 12.5. The van der Waals surface area contributed by atoms with Crippen molar-refractivity contribution in [3.63, 3.8) is 0 Å². The second-order valence-electron chi connectivity index (χ2n) is 8.74. The number of benzene rings is 3. The predicted octanol–water partition coefficient (Wildman–Crippen LogP) is 5.06. The number of hydrogen-bond donors (Lipinski definition) is 1. The number of likely N-dealkylation sites (N-methyl/N-ethyl adjacent to an activating group) is 1. The summed E-state index contributed by atoms with van der Waals surface area (Å²) in [5, 5.41) is 2.19. The lowest BCUT2D eigenvalue weighted by molar-refractivity contribution is 0.284. The molecule has 3 aromatic carbocycles. The number of nitrogens with two attached hydrogens (primary N) is 1. The van der Waals surface area contributed by atoms with Gasteiger partial charge >= 0.3 is 0 Å². The SMILES string of the molecule is CN1C=NCC1[C@@](N)(c1ccc(Cl)cc1)c1ccc2c(c1)c(-c1cccc(Cl)c1)cc(=O)n2C. The third-order valence-corrected chi connectivity index (χ3v) is 7.23. The molecule has 0 aliphatic carbocycles. The molecule has 172 valence electrons. The van der Waals surface area contributed by atoms with Crippen molar-refractivity contribution in [1.29, 1.82) is 0 Å². The van der Waals surface area contributed by atoms with E-state index in [1.165, 1.54) is 0 Å². The van der Waals surface area contributed by atoms with Gasteiger partial charge in [0, 0.05) is 35.6 Å². The molecule has 1 aliphatic rings. The zero-order valence-corrected chi connectivity index (χ0v) is 20.4. The van der Waals surface area contributed by atoms with Gasteiger partial charge in [-0.3, -0.25) is 9.79 Å². The summed E-state index contributed by atoms with van der Waals surface area (Å²) in [4.78, 5) is 19.3. The molecule has 1 aromatic heterocycles. The number of hydrogen-bond acceptors (Lipinski definition) is 4. The summed E-state index contributed by atoms with van der Waals surface area (Å²) in [6.07, 6.45) is 1.82. The molecule has 0 radical (unpaired) electrons. The zero-order chi connectivity index (χ0) is 24.0. The summed E-state index contributed by atoms with van der Waals surface area (Å²) in [5.74, 6) is 0. The smallest absolute Gasteiger partial charge is 0.251 e. The van der Waals surface area contributed by atoms with Gasteiger partial charge in [-0.05, 0) is 58.7 Å². The van der Waals surface area contributed by atoms with Gasteiger partial charge in [-0.25, -0.2) is 0 Å². The molecule has 4 aromatic rings. The van der Waals surface area contributed by atoms with Crippen LogP contribution in [-0.4, -0.2) is 35.4 Å². The van der Waals surface area contributed by atoms with Crippen LogP contribution in [0.4, 0.5) is 0 Å². The monoisotopic (exact) mass is 490 g/mol. The van der Waals surface area contributed by atoms with E-state index in [1.807, 2.05) is 74.0 Å². The summed E-state index contributed by atoms with van der Waals surface area (Å²) in [5.41, 5.74) is 10.7. The Balaban J connectivity index is 1.79. The first-order valence-corrected chi connectivity index (χ1v) is 11.7. The Morgan fingerprint density at radius 3 is 2.35 bits per heavy atom. The van der Waals surface area contributed by atoms with Gasteiger partial charge in [-0.15, -0.1) is 0 Å². The summed E-state index contributed by atoms with van der Waals surface area (Å²) in [7, 11) is 3.76. The Kier molecular flexibility index (Phi) is 5.72. The van der Waals surface area contributed by atoms with Crippen molar-refractivity contribution in [1.82, 2.24) is 9.47 Å². The van der Waals surface area contributed by atoms with Gasteiger partial charge in [-0.2, -0.15) is 0 Å². The van der Waals surface area contributed by atoms with E-state index in [-0.39, 0.29) is 11.6 Å². The summed E-state index contributed by atoms with van der Waals surface area (Å²) in [6, 6.07) is 22.8. The predicted molar refractivity (Wildman–Crippen MR) is 141 cm³/mol. The van der Waals surface area contributed by atoms with Crippen LogP contribution in [0.25, 0.3) is 22.0 Å². The molecule has 0 bridgehead atoms. The van der Waals surface area contributed by atoms with Crippen LogP contribution in [0.1, 0.15) is 11.1 Å². The molecular weight excluding hydrogens is 467 g/mol. The average Bonchev–Trinajstić information content (AvgIpc) is 3.27. The minimum absolute atomic E-state index is 0.0872. The molecule has 0 saturated carbocycles. The van der Waals surface area contributed by atoms with Crippen LogP contribution in [0.3, 0.4) is 0 Å². The quantitative estimate of drug-likeness (QED) is 0.434. The minimum atomic E-state index is -0.871. The molecule has 1 unspecified atom stereocenters. The van der Waals surface area contributed by atoms with Crippen molar-refractivity contribution in [3.8, 4) is 11.1 Å². The summed E-state index contributed by atoms with van der Waals surface area (Å²) in [6.45, 7) is 0.572. The van der Waals surface area contributed by atoms with Crippen molar-refractivity contribution in [3.05, 3.63) is 104 Å². The van der Waals surface area contributed by atoms with E-state index in [1.54, 1.807) is 17.7 Å². The zero-order valence-electron chi connectivity index (χ0n) is 18.9. The maximum Gasteiger partial charge on any atom is 0.251 e. The van der Waals surface area contributed by atoms with E-state index in [9.17, 15) is 4.79 Å². The van der Waals surface area contributed by atoms with E-state index in [0.29, 0.717) is 16.6 Å². The molecule has 0 spiro atoms. The fourth-order valence-electron chi connectivity index (χ4n) is 4.84. The maximum absolute atomic E-state index is 12.8. The fraction of sp³-hybridized carbons (Fsp3) is 0.185. The van der Waals surface area contributed by atoms with Crippen LogP contribution in [0.5, 0.6) is 0 Å². The van der Waals surface area contributed by atoms with E-state index in [4.69, 9.17) is 28.9 Å². The molecule has 0 fully saturated rings. The Morgan fingerprint density at radius 2 is 1.68 bits per heavy atom. The third-order valence-electron chi connectivity index (χ3n) is 6.74. The third kappa shape index (κ3) is 3.70. The van der Waals surface area contributed by atoms with Crippen LogP contribution in [0, 0.1) is 0 Å². The van der Waals surface area contributed by atoms with Gasteiger partial charge < -0.3 is 15.2 Å². The van der Waals surface area contributed by atoms with Gasteiger partial charge in [0.15, 0.2) is 0 Å². The van der Waals surface area contributed by atoms with Crippen LogP contribution in [-0.2, 0) is 12.6 Å². The summed E-state index contributed by atoms with van der Waals surface area (Å²) < 4.78 is 1.65. The first-order valence-electron chi connectivity index (χ1n) is 11.0. The Labute approximate surface area is 208 Å². The molecule has 0 saturated heterocycles. The normalized spacial score (nSPS) is 17.3. The lowest BCUT2D eigenvalue weighted by atomic mass is 9.76. The lowest BCUT2D eigenvalue weighted by Crippen LogP contribution is -2.55. The largest absolute Gasteiger partial charge is 0.359 e. The van der Waals surface area contributed by atoms with Crippen molar-refractivity contribution < 1.29 is 0 Å². The number of halogens is 2. The second kappa shape index (κ2) is 8.58. The molecular formula is C27H24Cl2N4O. The van der Waals surface area contributed by atoms with E-state index in [0.717, 1.165) is 33.2 Å². The number of aliphatic imine (C=N–C) groups is 1. The maximum atomic E-state index is 12.8. The van der Waals surface area contributed by atoms with Crippen LogP contribution < -0.4 is 11.3 Å².